The Kier molecular flexibility index (Phi) is 3.48. The molecule has 1 aromatic carbocycles. The second-order valence-electron chi connectivity index (χ2n) is 7.30. The van der Waals surface area contributed by atoms with Gasteiger partial charge in [0.05, 0.1) is 34.6 Å². The number of primary amides is 1. The molecule has 2 aliphatic rings. The summed E-state index contributed by atoms with van der Waals surface area (Å²) in [5, 5.41) is 11.5. The summed E-state index contributed by atoms with van der Waals surface area (Å²) in [7, 11) is 0. The van der Waals surface area contributed by atoms with Crippen LogP contribution >= 0.6 is 0 Å². The largest absolute Gasteiger partial charge is 0.458 e. The van der Waals surface area contributed by atoms with E-state index in [1.54, 1.807) is 37.3 Å². The SMILES string of the molecule is CCC1(O)C(=O)OCc2c1cc1n(c2=O)Cc2c-1nc1ccccc1c2C(N)=O. The molecule has 8 nitrogen and oxygen atoms in total. The molecule has 29 heavy (non-hydrogen) atoms. The summed E-state index contributed by atoms with van der Waals surface area (Å²) in [6.07, 6.45) is 0.0618. The van der Waals surface area contributed by atoms with E-state index >= 15 is 0 Å². The zero-order valence-electron chi connectivity index (χ0n) is 15.6. The van der Waals surface area contributed by atoms with Crippen LogP contribution in [-0.2, 0) is 28.3 Å². The number of hydrogen-bond acceptors (Lipinski definition) is 6. The number of para-hydroxylation sites is 1. The first-order valence-corrected chi connectivity index (χ1v) is 9.25. The van der Waals surface area contributed by atoms with E-state index in [-0.39, 0.29) is 36.3 Å². The van der Waals surface area contributed by atoms with Gasteiger partial charge < -0.3 is 20.1 Å². The van der Waals surface area contributed by atoms with Crippen LogP contribution in [0.3, 0.4) is 0 Å². The zero-order valence-corrected chi connectivity index (χ0v) is 15.6. The van der Waals surface area contributed by atoms with Crippen molar-refractivity contribution in [1.29, 1.82) is 0 Å². The maximum absolute atomic E-state index is 13.2. The first-order valence-electron chi connectivity index (χ1n) is 9.25. The molecule has 4 heterocycles. The molecule has 0 spiro atoms. The van der Waals surface area contributed by atoms with Crippen molar-refractivity contribution >= 4 is 22.8 Å². The Hall–Kier alpha value is -3.52. The van der Waals surface area contributed by atoms with Crippen molar-refractivity contribution in [3.8, 4) is 11.4 Å². The average molecular weight is 391 g/mol. The molecule has 0 radical (unpaired) electrons. The molecule has 1 atom stereocenters. The summed E-state index contributed by atoms with van der Waals surface area (Å²) in [6, 6.07) is 8.73. The van der Waals surface area contributed by atoms with E-state index < -0.39 is 17.5 Å². The number of pyridine rings is 2. The number of hydrogen-bond donors (Lipinski definition) is 2. The molecule has 0 bridgehead atoms. The lowest BCUT2D eigenvalue weighted by Gasteiger charge is -2.31. The second kappa shape index (κ2) is 5.74. The molecule has 1 amide bonds. The van der Waals surface area contributed by atoms with Gasteiger partial charge in [-0.3, -0.25) is 9.59 Å². The predicted octanol–water partition coefficient (Wildman–Crippen LogP) is 1.18. The quantitative estimate of drug-likeness (QED) is 0.495. The van der Waals surface area contributed by atoms with Gasteiger partial charge in [-0.1, -0.05) is 25.1 Å². The molecular formula is C21H17N3O5. The van der Waals surface area contributed by atoms with Crippen molar-refractivity contribution in [2.75, 3.05) is 0 Å². The molecule has 0 saturated heterocycles. The number of aromatic nitrogens is 2. The van der Waals surface area contributed by atoms with Crippen molar-refractivity contribution in [2.24, 2.45) is 5.73 Å². The van der Waals surface area contributed by atoms with E-state index in [9.17, 15) is 19.5 Å². The summed E-state index contributed by atoms with van der Waals surface area (Å²) >= 11 is 0. The number of cyclic esters (lactones) is 1. The number of carbonyl (C=O) groups is 2. The molecular weight excluding hydrogens is 374 g/mol. The van der Waals surface area contributed by atoms with Crippen LogP contribution in [0.25, 0.3) is 22.3 Å². The second-order valence-corrected chi connectivity index (χ2v) is 7.30. The topological polar surface area (TPSA) is 125 Å². The van der Waals surface area contributed by atoms with Gasteiger partial charge in [0.2, 0.25) is 5.91 Å². The third-order valence-corrected chi connectivity index (χ3v) is 5.84. The molecule has 0 fully saturated rings. The highest BCUT2D eigenvalue weighted by Crippen LogP contribution is 2.39. The number of carbonyl (C=O) groups excluding carboxylic acids is 2. The minimum atomic E-state index is -1.89. The van der Waals surface area contributed by atoms with Crippen molar-refractivity contribution in [3.63, 3.8) is 0 Å². The summed E-state index contributed by atoms with van der Waals surface area (Å²) in [5.41, 5.74) is 6.21. The first-order chi connectivity index (χ1) is 13.9. The van der Waals surface area contributed by atoms with Crippen molar-refractivity contribution in [1.82, 2.24) is 9.55 Å². The summed E-state index contributed by atoms with van der Waals surface area (Å²) < 4.78 is 6.54. The van der Waals surface area contributed by atoms with Crippen molar-refractivity contribution in [3.05, 3.63) is 62.9 Å². The highest BCUT2D eigenvalue weighted by molar-refractivity contribution is 6.08. The third kappa shape index (κ3) is 2.17. The number of ether oxygens (including phenoxy) is 1. The number of rotatable bonds is 2. The molecule has 2 aliphatic heterocycles. The lowest BCUT2D eigenvalue weighted by Crippen LogP contribution is -2.44. The molecule has 8 heteroatoms. The highest BCUT2D eigenvalue weighted by atomic mass is 16.6. The van der Waals surface area contributed by atoms with Crippen LogP contribution in [0.4, 0.5) is 0 Å². The van der Waals surface area contributed by atoms with Gasteiger partial charge in [0, 0.05) is 16.5 Å². The van der Waals surface area contributed by atoms with Crippen LogP contribution in [-0.4, -0.2) is 26.5 Å². The Morgan fingerprint density at radius 1 is 1.31 bits per heavy atom. The number of benzene rings is 1. The predicted molar refractivity (Wildman–Crippen MR) is 103 cm³/mol. The average Bonchev–Trinajstić information content (AvgIpc) is 3.07. The lowest BCUT2D eigenvalue weighted by molar-refractivity contribution is -0.172. The van der Waals surface area contributed by atoms with Gasteiger partial charge in [-0.05, 0) is 18.6 Å². The molecule has 146 valence electrons. The van der Waals surface area contributed by atoms with Gasteiger partial charge >= 0.3 is 5.97 Å². The smallest absolute Gasteiger partial charge is 0.343 e. The molecule has 5 rings (SSSR count). The summed E-state index contributed by atoms with van der Waals surface area (Å²) in [6.45, 7) is 1.57. The fourth-order valence-electron chi connectivity index (χ4n) is 4.31. The van der Waals surface area contributed by atoms with Crippen LogP contribution in [0, 0.1) is 0 Å². The normalized spacial score (nSPS) is 19.4. The number of nitrogens with two attached hydrogens (primary N) is 1. The molecule has 1 unspecified atom stereocenters. The molecule has 2 aromatic heterocycles. The Bertz CT molecular complexity index is 1310. The molecule has 3 aromatic rings. The highest BCUT2D eigenvalue weighted by Gasteiger charge is 2.45. The van der Waals surface area contributed by atoms with Gasteiger partial charge in [0.25, 0.3) is 5.56 Å². The van der Waals surface area contributed by atoms with Crippen LogP contribution in [0.15, 0.2) is 35.1 Å². The van der Waals surface area contributed by atoms with Crippen LogP contribution in [0.2, 0.25) is 0 Å². The number of esters is 1. The minimum absolute atomic E-state index is 0.0618. The number of amides is 1. The van der Waals surface area contributed by atoms with E-state index in [2.05, 4.69) is 4.98 Å². The van der Waals surface area contributed by atoms with Gasteiger partial charge in [0.15, 0.2) is 5.60 Å². The van der Waals surface area contributed by atoms with Gasteiger partial charge in [-0.25, -0.2) is 9.78 Å². The van der Waals surface area contributed by atoms with Crippen LogP contribution in [0.1, 0.15) is 40.4 Å². The standard InChI is InChI=1S/C21H17N3O5/c1-2-21(28)13-7-15-17-11(8-24(15)19(26)12(13)9-29-20(21)27)16(18(22)25)10-5-3-4-6-14(10)23-17/h3-7,28H,2,8-9H2,1H3,(H2,22,25). The van der Waals surface area contributed by atoms with Crippen LogP contribution in [0.5, 0.6) is 0 Å². The molecule has 0 saturated carbocycles. The maximum atomic E-state index is 13.2. The monoisotopic (exact) mass is 391 g/mol. The van der Waals surface area contributed by atoms with Crippen molar-refractivity contribution < 1.29 is 19.4 Å². The third-order valence-electron chi connectivity index (χ3n) is 5.84. The Morgan fingerprint density at radius 2 is 2.07 bits per heavy atom. The summed E-state index contributed by atoms with van der Waals surface area (Å²) in [5.74, 6) is -1.38. The van der Waals surface area contributed by atoms with E-state index in [1.807, 2.05) is 0 Å². The lowest BCUT2D eigenvalue weighted by atomic mass is 9.86. The maximum Gasteiger partial charge on any atom is 0.343 e. The Balaban J connectivity index is 1.87. The molecule has 3 N–H and O–H groups in total. The fraction of sp³-hybridized carbons (Fsp3) is 0.238. The fourth-order valence-corrected chi connectivity index (χ4v) is 4.31. The van der Waals surface area contributed by atoms with Gasteiger partial charge in [0.1, 0.15) is 6.61 Å². The first kappa shape index (κ1) is 17.6. The Morgan fingerprint density at radius 3 is 2.79 bits per heavy atom. The summed E-state index contributed by atoms with van der Waals surface area (Å²) in [4.78, 5) is 42.3. The van der Waals surface area contributed by atoms with Gasteiger partial charge in [-0.2, -0.15) is 0 Å². The van der Waals surface area contributed by atoms with Gasteiger partial charge in [-0.15, -0.1) is 0 Å². The van der Waals surface area contributed by atoms with Crippen LogP contribution < -0.4 is 11.3 Å². The number of fused-ring (bicyclic) bond motifs is 5. The van der Waals surface area contributed by atoms with E-state index in [0.29, 0.717) is 33.4 Å². The van der Waals surface area contributed by atoms with Crippen molar-refractivity contribution in [2.45, 2.75) is 32.1 Å². The Labute approximate surface area is 164 Å². The van der Waals surface area contributed by atoms with E-state index in [0.717, 1.165) is 0 Å². The zero-order chi connectivity index (χ0) is 20.5. The number of nitrogens with zero attached hydrogens (tertiary/aromatic N) is 2. The molecule has 0 aliphatic carbocycles. The number of aliphatic hydroxyl groups is 1. The van der Waals surface area contributed by atoms with E-state index in [1.165, 1.54) is 4.57 Å². The van der Waals surface area contributed by atoms with E-state index in [4.69, 9.17) is 10.5 Å². The minimum Gasteiger partial charge on any atom is -0.458 e.